The molecule has 0 spiro atoms. The lowest BCUT2D eigenvalue weighted by Gasteiger charge is -2.30. The first-order valence-corrected chi connectivity index (χ1v) is 12.4. The molecule has 1 atom stereocenters. The van der Waals surface area contributed by atoms with E-state index in [1.807, 2.05) is 72.8 Å². The van der Waals surface area contributed by atoms with E-state index in [0.29, 0.717) is 18.1 Å². The fourth-order valence-electron chi connectivity index (χ4n) is 4.58. The minimum Gasteiger partial charge on any atom is -0.492 e. The minimum absolute atomic E-state index is 0.461. The van der Waals surface area contributed by atoms with Gasteiger partial charge >= 0.3 is 0 Å². The second-order valence-corrected chi connectivity index (χ2v) is 9.59. The second kappa shape index (κ2) is 11.2. The third-order valence-corrected chi connectivity index (χ3v) is 6.86. The van der Waals surface area contributed by atoms with Gasteiger partial charge in [0.05, 0.1) is 0 Å². The molecule has 0 bridgehead atoms. The number of aryl methyl sites for hydroxylation is 1. The molecule has 4 heteroatoms. The number of hydrogen-bond donors (Lipinski definition) is 1. The number of likely N-dealkylation sites (tertiary alicyclic amines) is 1. The van der Waals surface area contributed by atoms with Crippen molar-refractivity contribution in [2.45, 2.75) is 44.6 Å². The van der Waals surface area contributed by atoms with Gasteiger partial charge in [-0.05, 0) is 73.8 Å². The van der Waals surface area contributed by atoms with Crippen LogP contribution >= 0.6 is 11.6 Å². The number of hydrogen-bond acceptors (Lipinski definition) is 3. The molecule has 1 fully saturated rings. The number of rotatable bonds is 8. The van der Waals surface area contributed by atoms with Crippen molar-refractivity contribution < 1.29 is 9.84 Å². The van der Waals surface area contributed by atoms with Crippen molar-refractivity contribution in [3.63, 3.8) is 0 Å². The largest absolute Gasteiger partial charge is 0.492 e. The molecular formula is C29H34ClNO2. The molecule has 1 N–H and O–H groups in total. The van der Waals surface area contributed by atoms with Crippen LogP contribution in [0.4, 0.5) is 0 Å². The van der Waals surface area contributed by atoms with E-state index in [1.165, 1.54) is 44.3 Å². The molecule has 33 heavy (non-hydrogen) atoms. The van der Waals surface area contributed by atoms with Crippen LogP contribution in [0.15, 0.2) is 72.8 Å². The summed E-state index contributed by atoms with van der Waals surface area (Å²) in [5.74, 6) is 0.839. The molecule has 0 saturated carbocycles. The van der Waals surface area contributed by atoms with Crippen LogP contribution in [-0.2, 0) is 12.0 Å². The van der Waals surface area contributed by atoms with Crippen LogP contribution < -0.4 is 4.74 Å². The maximum atomic E-state index is 12.0. The molecule has 1 aliphatic heterocycles. The van der Waals surface area contributed by atoms with E-state index in [1.54, 1.807) is 0 Å². The van der Waals surface area contributed by atoms with Crippen molar-refractivity contribution >= 4 is 11.6 Å². The quantitative estimate of drug-likeness (QED) is 0.420. The maximum absolute atomic E-state index is 12.0. The molecule has 0 aliphatic carbocycles. The highest BCUT2D eigenvalue weighted by Gasteiger charge is 2.32. The van der Waals surface area contributed by atoms with E-state index in [0.717, 1.165) is 29.0 Å². The summed E-state index contributed by atoms with van der Waals surface area (Å²) in [6, 6.07) is 23.7. The van der Waals surface area contributed by atoms with E-state index in [9.17, 15) is 5.11 Å². The van der Waals surface area contributed by atoms with Gasteiger partial charge in [0.1, 0.15) is 18.0 Å². The van der Waals surface area contributed by atoms with Gasteiger partial charge in [0.25, 0.3) is 0 Å². The molecule has 1 heterocycles. The van der Waals surface area contributed by atoms with Gasteiger partial charge in [-0.15, -0.1) is 0 Å². The first-order valence-electron chi connectivity index (χ1n) is 12.0. The Morgan fingerprint density at radius 1 is 0.818 bits per heavy atom. The van der Waals surface area contributed by atoms with Crippen molar-refractivity contribution in [3.8, 4) is 5.75 Å². The molecule has 4 rings (SSSR count). The summed E-state index contributed by atoms with van der Waals surface area (Å²) >= 11 is 6.07. The summed E-state index contributed by atoms with van der Waals surface area (Å²) in [6.07, 6.45) is 5.74. The van der Waals surface area contributed by atoms with Crippen molar-refractivity contribution in [2.75, 3.05) is 26.2 Å². The highest BCUT2D eigenvalue weighted by atomic mass is 35.5. The molecule has 1 aliphatic rings. The average Bonchev–Trinajstić information content (AvgIpc) is 3.10. The molecule has 0 amide bonds. The smallest absolute Gasteiger partial charge is 0.119 e. The molecule has 3 aromatic carbocycles. The first kappa shape index (κ1) is 23.8. The fourth-order valence-corrected chi connectivity index (χ4v) is 4.70. The lowest BCUT2D eigenvalue weighted by molar-refractivity contribution is 0.0810. The Kier molecular flexibility index (Phi) is 8.08. The van der Waals surface area contributed by atoms with Gasteiger partial charge in [-0.1, -0.05) is 78.5 Å². The van der Waals surface area contributed by atoms with Crippen molar-refractivity contribution in [3.05, 3.63) is 100 Å². The molecule has 0 aromatic heterocycles. The molecule has 1 saturated heterocycles. The molecule has 174 valence electrons. The molecule has 3 nitrogen and oxygen atoms in total. The second-order valence-electron chi connectivity index (χ2n) is 9.16. The van der Waals surface area contributed by atoms with Gasteiger partial charge in [0.2, 0.25) is 0 Å². The van der Waals surface area contributed by atoms with E-state index >= 15 is 0 Å². The van der Waals surface area contributed by atoms with E-state index < -0.39 is 5.60 Å². The SMILES string of the molecule is Cc1ccc(C(O)(Cc2ccc(Cl)cc2)c2ccc(OCCN3CCCCCC3)cc2)cc1. The maximum Gasteiger partial charge on any atom is 0.119 e. The zero-order valence-corrected chi connectivity index (χ0v) is 20.2. The highest BCUT2D eigenvalue weighted by Crippen LogP contribution is 2.34. The van der Waals surface area contributed by atoms with Crippen molar-refractivity contribution in [1.29, 1.82) is 0 Å². The van der Waals surface area contributed by atoms with E-state index in [2.05, 4.69) is 11.8 Å². The van der Waals surface area contributed by atoms with Crippen LogP contribution in [-0.4, -0.2) is 36.2 Å². The monoisotopic (exact) mass is 463 g/mol. The van der Waals surface area contributed by atoms with Gasteiger partial charge < -0.3 is 9.84 Å². The van der Waals surface area contributed by atoms with Crippen LogP contribution in [0.1, 0.15) is 47.9 Å². The average molecular weight is 464 g/mol. The standard InChI is InChI=1S/C29H34ClNO2/c1-23-6-10-25(11-7-23)29(32,22-24-8-14-27(30)15-9-24)26-12-16-28(17-13-26)33-21-20-31-18-4-2-3-5-19-31/h6-17,32H,2-5,18-22H2,1H3. The summed E-state index contributed by atoms with van der Waals surface area (Å²) in [7, 11) is 0. The third kappa shape index (κ3) is 6.38. The summed E-state index contributed by atoms with van der Waals surface area (Å²) in [6.45, 7) is 6.06. The normalized spacial score (nSPS) is 16.7. The Hall–Kier alpha value is -2.33. The number of benzene rings is 3. The number of nitrogens with zero attached hydrogens (tertiary/aromatic N) is 1. The van der Waals surface area contributed by atoms with Crippen molar-refractivity contribution in [1.82, 2.24) is 4.90 Å². The lowest BCUT2D eigenvalue weighted by atomic mass is 9.81. The van der Waals surface area contributed by atoms with Crippen molar-refractivity contribution in [2.24, 2.45) is 0 Å². The van der Waals surface area contributed by atoms with Crippen LogP contribution in [0.3, 0.4) is 0 Å². The fraction of sp³-hybridized carbons (Fsp3) is 0.379. The molecular weight excluding hydrogens is 430 g/mol. The van der Waals surface area contributed by atoms with Crippen LogP contribution in [0.25, 0.3) is 0 Å². The van der Waals surface area contributed by atoms with Crippen LogP contribution in [0, 0.1) is 6.92 Å². The highest BCUT2D eigenvalue weighted by molar-refractivity contribution is 6.30. The number of halogens is 1. The number of ether oxygens (including phenoxy) is 1. The Morgan fingerprint density at radius 2 is 1.39 bits per heavy atom. The van der Waals surface area contributed by atoms with Crippen LogP contribution in [0.5, 0.6) is 5.75 Å². The topological polar surface area (TPSA) is 32.7 Å². The summed E-state index contributed by atoms with van der Waals surface area (Å²) in [5.41, 5.74) is 2.77. The van der Waals surface area contributed by atoms with Gasteiger partial charge in [0, 0.05) is 18.0 Å². The zero-order valence-electron chi connectivity index (χ0n) is 19.5. The first-order chi connectivity index (χ1) is 16.0. The number of aliphatic hydroxyl groups is 1. The Labute approximate surface area is 203 Å². The van der Waals surface area contributed by atoms with E-state index in [4.69, 9.17) is 16.3 Å². The predicted molar refractivity (Wildman–Crippen MR) is 136 cm³/mol. The Morgan fingerprint density at radius 3 is 2.00 bits per heavy atom. The molecule has 0 radical (unpaired) electrons. The van der Waals surface area contributed by atoms with Gasteiger partial charge in [-0.25, -0.2) is 0 Å². The summed E-state index contributed by atoms with van der Waals surface area (Å²) in [4.78, 5) is 2.50. The molecule has 1 unspecified atom stereocenters. The van der Waals surface area contributed by atoms with Gasteiger partial charge in [-0.3, -0.25) is 4.90 Å². The zero-order chi connectivity index (χ0) is 23.1. The Balaban J connectivity index is 1.49. The van der Waals surface area contributed by atoms with E-state index in [-0.39, 0.29) is 0 Å². The summed E-state index contributed by atoms with van der Waals surface area (Å²) < 4.78 is 6.03. The van der Waals surface area contributed by atoms with Gasteiger partial charge in [-0.2, -0.15) is 0 Å². The lowest BCUT2D eigenvalue weighted by Crippen LogP contribution is -2.30. The minimum atomic E-state index is -1.15. The third-order valence-electron chi connectivity index (χ3n) is 6.61. The molecule has 3 aromatic rings. The van der Waals surface area contributed by atoms with Crippen LogP contribution in [0.2, 0.25) is 5.02 Å². The predicted octanol–water partition coefficient (Wildman–Crippen LogP) is 6.38. The Bertz CT molecular complexity index is 993. The summed E-state index contributed by atoms with van der Waals surface area (Å²) in [5, 5.41) is 12.6. The van der Waals surface area contributed by atoms with Gasteiger partial charge in [0.15, 0.2) is 0 Å².